The molecule has 0 saturated carbocycles. The number of rotatable bonds is 4. The quantitative estimate of drug-likeness (QED) is 0.486. The van der Waals surface area contributed by atoms with Gasteiger partial charge in [-0.25, -0.2) is 4.79 Å². The van der Waals surface area contributed by atoms with Crippen LogP contribution in [-0.2, 0) is 11.3 Å². The Morgan fingerprint density at radius 1 is 1.15 bits per heavy atom. The normalized spacial score (nSPS) is 10.1. The molecule has 0 atom stereocenters. The van der Waals surface area contributed by atoms with Crippen LogP contribution in [0.25, 0.3) is 0 Å². The van der Waals surface area contributed by atoms with Crippen molar-refractivity contribution in [2.75, 3.05) is 0 Å². The third-order valence-electron chi connectivity index (χ3n) is 2.98. The lowest BCUT2D eigenvalue weighted by molar-refractivity contribution is -0.385. The second-order valence-corrected chi connectivity index (χ2v) is 4.26. The summed E-state index contributed by atoms with van der Waals surface area (Å²) in [6.07, 6.45) is 0. The lowest BCUT2D eigenvalue weighted by atomic mass is 10.1. The first-order valence-corrected chi connectivity index (χ1v) is 6.04. The van der Waals surface area contributed by atoms with E-state index >= 15 is 0 Å². The minimum atomic E-state index is -0.448. The Morgan fingerprint density at radius 3 is 2.50 bits per heavy atom. The third-order valence-corrected chi connectivity index (χ3v) is 2.98. The van der Waals surface area contributed by atoms with Gasteiger partial charge >= 0.3 is 5.97 Å². The number of hydrogen-bond acceptors (Lipinski definition) is 4. The molecule has 0 unspecified atom stereocenters. The van der Waals surface area contributed by atoms with Gasteiger partial charge in [-0.2, -0.15) is 0 Å². The van der Waals surface area contributed by atoms with Gasteiger partial charge in [-0.05, 0) is 24.6 Å². The average Bonchev–Trinajstić information content (AvgIpc) is 2.46. The van der Waals surface area contributed by atoms with Gasteiger partial charge in [0.15, 0.2) is 0 Å². The van der Waals surface area contributed by atoms with E-state index in [9.17, 15) is 14.9 Å². The Hall–Kier alpha value is -2.69. The number of nitrogens with zero attached hydrogens (tertiary/aromatic N) is 1. The maximum absolute atomic E-state index is 11.8. The first-order chi connectivity index (χ1) is 9.59. The molecule has 0 fully saturated rings. The average molecular weight is 271 g/mol. The van der Waals surface area contributed by atoms with Crippen LogP contribution in [0.5, 0.6) is 0 Å². The highest BCUT2D eigenvalue weighted by Gasteiger charge is 2.14. The molecule has 0 aliphatic rings. The monoisotopic (exact) mass is 271 g/mol. The molecule has 20 heavy (non-hydrogen) atoms. The Balaban J connectivity index is 2.10. The topological polar surface area (TPSA) is 69.4 Å². The van der Waals surface area contributed by atoms with E-state index in [1.54, 1.807) is 43.3 Å². The van der Waals surface area contributed by atoms with Gasteiger partial charge in [0.2, 0.25) is 0 Å². The summed E-state index contributed by atoms with van der Waals surface area (Å²) in [4.78, 5) is 22.2. The molecule has 0 amide bonds. The summed E-state index contributed by atoms with van der Waals surface area (Å²) in [6, 6.07) is 13.3. The van der Waals surface area contributed by atoms with Crippen LogP contribution in [0.2, 0.25) is 0 Å². The summed E-state index contributed by atoms with van der Waals surface area (Å²) >= 11 is 0. The molecule has 0 N–H and O–H groups in total. The number of hydrogen-bond donors (Lipinski definition) is 0. The van der Waals surface area contributed by atoms with Crippen molar-refractivity contribution in [3.8, 4) is 0 Å². The summed E-state index contributed by atoms with van der Waals surface area (Å²) in [7, 11) is 0. The summed E-state index contributed by atoms with van der Waals surface area (Å²) in [5, 5.41) is 10.8. The van der Waals surface area contributed by atoms with Gasteiger partial charge in [0.1, 0.15) is 6.61 Å². The molecule has 0 bridgehead atoms. The molecule has 5 nitrogen and oxygen atoms in total. The van der Waals surface area contributed by atoms with Crippen molar-refractivity contribution in [3.63, 3.8) is 0 Å². The van der Waals surface area contributed by atoms with Crippen molar-refractivity contribution in [1.29, 1.82) is 0 Å². The van der Waals surface area contributed by atoms with Gasteiger partial charge in [-0.1, -0.05) is 30.3 Å². The van der Waals surface area contributed by atoms with Gasteiger partial charge in [0.25, 0.3) is 5.69 Å². The summed E-state index contributed by atoms with van der Waals surface area (Å²) in [5.41, 5.74) is 1.62. The van der Waals surface area contributed by atoms with Crippen LogP contribution in [0, 0.1) is 17.0 Å². The van der Waals surface area contributed by atoms with Crippen molar-refractivity contribution >= 4 is 11.7 Å². The van der Waals surface area contributed by atoms with Crippen LogP contribution in [-0.4, -0.2) is 10.9 Å². The van der Waals surface area contributed by atoms with Crippen molar-refractivity contribution in [1.82, 2.24) is 0 Å². The predicted molar refractivity (Wildman–Crippen MR) is 73.4 cm³/mol. The lowest BCUT2D eigenvalue weighted by Crippen LogP contribution is -2.06. The van der Waals surface area contributed by atoms with Crippen LogP contribution < -0.4 is 0 Å². The first-order valence-electron chi connectivity index (χ1n) is 6.04. The van der Waals surface area contributed by atoms with E-state index in [0.717, 1.165) is 0 Å². The maximum atomic E-state index is 11.8. The molecule has 102 valence electrons. The van der Waals surface area contributed by atoms with Gasteiger partial charge < -0.3 is 4.74 Å². The minimum Gasteiger partial charge on any atom is -0.457 e. The molecule has 0 spiro atoms. The standard InChI is InChI=1S/C15H13NO4/c1-11-13(8-5-9-14(11)16(18)19)10-20-15(17)12-6-3-2-4-7-12/h2-9H,10H2,1H3. The zero-order valence-electron chi connectivity index (χ0n) is 10.9. The van der Waals surface area contributed by atoms with Crippen LogP contribution in [0.15, 0.2) is 48.5 Å². The highest BCUT2D eigenvalue weighted by Crippen LogP contribution is 2.21. The van der Waals surface area contributed by atoms with E-state index < -0.39 is 10.9 Å². The van der Waals surface area contributed by atoms with E-state index in [4.69, 9.17) is 4.74 Å². The van der Waals surface area contributed by atoms with Gasteiger partial charge in [-0.15, -0.1) is 0 Å². The summed E-state index contributed by atoms with van der Waals surface area (Å²) < 4.78 is 5.17. The van der Waals surface area contributed by atoms with E-state index in [1.807, 2.05) is 6.07 Å². The van der Waals surface area contributed by atoms with Crippen LogP contribution >= 0.6 is 0 Å². The number of nitro benzene ring substituents is 1. The maximum Gasteiger partial charge on any atom is 0.338 e. The molecule has 2 aromatic carbocycles. The van der Waals surface area contributed by atoms with Crippen molar-refractivity contribution < 1.29 is 14.5 Å². The molecule has 0 aromatic heterocycles. The SMILES string of the molecule is Cc1c(COC(=O)c2ccccc2)cccc1[N+](=O)[O-]. The fourth-order valence-electron chi connectivity index (χ4n) is 1.82. The second kappa shape index (κ2) is 5.97. The lowest BCUT2D eigenvalue weighted by Gasteiger charge is -2.07. The fraction of sp³-hybridized carbons (Fsp3) is 0.133. The predicted octanol–water partition coefficient (Wildman–Crippen LogP) is 3.26. The number of esters is 1. The molecular weight excluding hydrogens is 258 g/mol. The van der Waals surface area contributed by atoms with E-state index in [2.05, 4.69) is 0 Å². The number of benzene rings is 2. The zero-order chi connectivity index (χ0) is 14.5. The molecule has 2 rings (SSSR count). The summed E-state index contributed by atoms with van der Waals surface area (Å²) in [6.45, 7) is 1.66. The van der Waals surface area contributed by atoms with Crippen molar-refractivity contribution in [2.24, 2.45) is 0 Å². The largest absolute Gasteiger partial charge is 0.457 e. The highest BCUT2D eigenvalue weighted by molar-refractivity contribution is 5.89. The van der Waals surface area contributed by atoms with Crippen molar-refractivity contribution in [3.05, 3.63) is 75.3 Å². The highest BCUT2D eigenvalue weighted by atomic mass is 16.6. The molecule has 0 heterocycles. The second-order valence-electron chi connectivity index (χ2n) is 4.26. The smallest absolute Gasteiger partial charge is 0.338 e. The first kappa shape index (κ1) is 13.7. The minimum absolute atomic E-state index is 0.0151. The molecule has 0 saturated heterocycles. The molecule has 2 aromatic rings. The molecule has 5 heteroatoms. The Bertz CT molecular complexity index is 638. The van der Waals surface area contributed by atoms with Crippen molar-refractivity contribution in [2.45, 2.75) is 13.5 Å². The Labute approximate surface area is 116 Å². The van der Waals surface area contributed by atoms with E-state index in [0.29, 0.717) is 16.7 Å². The van der Waals surface area contributed by atoms with Gasteiger partial charge in [0.05, 0.1) is 10.5 Å². The number of nitro groups is 1. The molecule has 0 aliphatic carbocycles. The van der Waals surface area contributed by atoms with Gasteiger partial charge in [0, 0.05) is 11.6 Å². The zero-order valence-corrected chi connectivity index (χ0v) is 10.9. The Kier molecular flexibility index (Phi) is 4.10. The fourth-order valence-corrected chi connectivity index (χ4v) is 1.82. The number of ether oxygens (including phenoxy) is 1. The summed E-state index contributed by atoms with van der Waals surface area (Å²) in [5.74, 6) is -0.448. The van der Waals surface area contributed by atoms with Crippen LogP contribution in [0.1, 0.15) is 21.5 Å². The van der Waals surface area contributed by atoms with E-state index in [-0.39, 0.29) is 12.3 Å². The van der Waals surface area contributed by atoms with Gasteiger partial charge in [-0.3, -0.25) is 10.1 Å². The van der Waals surface area contributed by atoms with Crippen LogP contribution in [0.3, 0.4) is 0 Å². The van der Waals surface area contributed by atoms with E-state index in [1.165, 1.54) is 6.07 Å². The number of carbonyl (C=O) groups is 1. The van der Waals surface area contributed by atoms with Crippen LogP contribution in [0.4, 0.5) is 5.69 Å². The number of carbonyl (C=O) groups excluding carboxylic acids is 1. The Morgan fingerprint density at radius 2 is 1.85 bits per heavy atom. The third kappa shape index (κ3) is 3.00. The molecule has 0 radical (unpaired) electrons. The molecule has 0 aliphatic heterocycles. The molecular formula is C15H13NO4.